The molecule has 0 saturated carbocycles. The van der Waals surface area contributed by atoms with Crippen LogP contribution in [0.3, 0.4) is 0 Å². The van der Waals surface area contributed by atoms with Crippen molar-refractivity contribution in [2.75, 3.05) is 7.11 Å². The molecular formula is C19H20BrNO3. The van der Waals surface area contributed by atoms with Gasteiger partial charge in [0, 0.05) is 18.4 Å². The van der Waals surface area contributed by atoms with Gasteiger partial charge in [0.25, 0.3) is 0 Å². The second-order valence-corrected chi connectivity index (χ2v) is 6.33. The maximum atomic E-state index is 12.1. The Morgan fingerprint density at radius 3 is 2.46 bits per heavy atom. The minimum atomic E-state index is -0.147. The molecule has 1 N–H and O–H groups in total. The molecular weight excluding hydrogens is 370 g/mol. The van der Waals surface area contributed by atoms with Gasteiger partial charge in [0.15, 0.2) is 5.78 Å². The maximum Gasteiger partial charge on any atom is 0.220 e. The molecule has 0 heterocycles. The van der Waals surface area contributed by atoms with Gasteiger partial charge in [-0.15, -0.1) is 0 Å². The predicted octanol–water partition coefficient (Wildman–Crippen LogP) is 4.30. The highest BCUT2D eigenvalue weighted by atomic mass is 79.9. The predicted molar refractivity (Wildman–Crippen MR) is 97.3 cm³/mol. The Morgan fingerprint density at radius 2 is 1.83 bits per heavy atom. The zero-order valence-corrected chi connectivity index (χ0v) is 15.3. The van der Waals surface area contributed by atoms with Crippen molar-refractivity contribution in [2.24, 2.45) is 0 Å². The van der Waals surface area contributed by atoms with Gasteiger partial charge >= 0.3 is 0 Å². The third-order valence-electron chi connectivity index (χ3n) is 3.73. The van der Waals surface area contributed by atoms with Crippen LogP contribution in [0.1, 0.15) is 41.7 Å². The van der Waals surface area contributed by atoms with E-state index < -0.39 is 0 Å². The van der Waals surface area contributed by atoms with Gasteiger partial charge in [0.2, 0.25) is 5.91 Å². The van der Waals surface area contributed by atoms with E-state index in [0.29, 0.717) is 5.56 Å². The molecule has 2 aromatic carbocycles. The lowest BCUT2D eigenvalue weighted by Gasteiger charge is -2.15. The van der Waals surface area contributed by atoms with Crippen molar-refractivity contribution < 1.29 is 14.3 Å². The van der Waals surface area contributed by atoms with Crippen molar-refractivity contribution >= 4 is 27.6 Å². The first-order valence-electron chi connectivity index (χ1n) is 7.72. The second kappa shape index (κ2) is 8.64. The van der Waals surface area contributed by atoms with Crippen molar-refractivity contribution in [2.45, 2.75) is 25.8 Å². The lowest BCUT2D eigenvalue weighted by atomic mass is 10.1. The summed E-state index contributed by atoms with van der Waals surface area (Å²) in [6.07, 6.45) is 0.379. The summed E-state index contributed by atoms with van der Waals surface area (Å²) in [7, 11) is 1.61. The number of ketones is 1. The molecule has 0 aromatic heterocycles. The fraction of sp³-hybridized carbons (Fsp3) is 0.263. The minimum Gasteiger partial charge on any atom is -0.496 e. The zero-order valence-electron chi connectivity index (χ0n) is 13.7. The Morgan fingerprint density at radius 1 is 1.12 bits per heavy atom. The van der Waals surface area contributed by atoms with E-state index in [1.54, 1.807) is 19.2 Å². The molecule has 1 atom stereocenters. The lowest BCUT2D eigenvalue weighted by Crippen LogP contribution is -2.27. The summed E-state index contributed by atoms with van der Waals surface area (Å²) in [5, 5.41) is 2.91. The molecule has 24 heavy (non-hydrogen) atoms. The van der Waals surface area contributed by atoms with Crippen molar-refractivity contribution in [3.63, 3.8) is 0 Å². The van der Waals surface area contributed by atoms with E-state index in [2.05, 4.69) is 21.2 Å². The monoisotopic (exact) mass is 389 g/mol. The number of methoxy groups -OCH3 is 1. The molecule has 0 aliphatic rings. The van der Waals surface area contributed by atoms with Crippen LogP contribution in [-0.2, 0) is 4.79 Å². The summed E-state index contributed by atoms with van der Waals surface area (Å²) in [6.45, 7) is 1.91. The number of carbonyl (C=O) groups is 2. The number of amides is 1. The number of hydrogen-bond donors (Lipinski definition) is 1. The fourth-order valence-electron chi connectivity index (χ4n) is 2.34. The van der Waals surface area contributed by atoms with Gasteiger partial charge in [-0.2, -0.15) is 0 Å². The first-order chi connectivity index (χ1) is 11.5. The summed E-state index contributed by atoms with van der Waals surface area (Å²) in [5.41, 5.74) is 1.60. The number of hydrogen-bond acceptors (Lipinski definition) is 3. The summed E-state index contributed by atoms with van der Waals surface area (Å²) in [5.74, 6) is 0.579. The molecule has 0 saturated heterocycles. The molecule has 1 amide bonds. The quantitative estimate of drug-likeness (QED) is 0.718. The van der Waals surface area contributed by atoms with E-state index in [1.165, 1.54) is 0 Å². The summed E-state index contributed by atoms with van der Waals surface area (Å²) < 4.78 is 6.03. The normalized spacial score (nSPS) is 11.6. The van der Waals surface area contributed by atoms with Crippen LogP contribution >= 0.6 is 15.9 Å². The van der Waals surface area contributed by atoms with Gasteiger partial charge in [-0.25, -0.2) is 0 Å². The topological polar surface area (TPSA) is 55.4 Å². The van der Waals surface area contributed by atoms with Gasteiger partial charge in [-0.3, -0.25) is 9.59 Å². The Kier molecular flexibility index (Phi) is 6.55. The van der Waals surface area contributed by atoms with E-state index in [-0.39, 0.29) is 30.6 Å². The SMILES string of the molecule is COc1ccc(C(C)NC(=O)CCC(=O)c2ccccc2)cc1Br. The molecule has 0 radical (unpaired) electrons. The van der Waals surface area contributed by atoms with Crippen LogP contribution < -0.4 is 10.1 Å². The molecule has 0 spiro atoms. The van der Waals surface area contributed by atoms with Crippen molar-refractivity contribution in [3.05, 3.63) is 64.1 Å². The molecule has 126 valence electrons. The van der Waals surface area contributed by atoms with Crippen molar-refractivity contribution in [1.29, 1.82) is 0 Å². The fourth-order valence-corrected chi connectivity index (χ4v) is 2.90. The Balaban J connectivity index is 1.87. The third kappa shape index (κ3) is 4.93. The van der Waals surface area contributed by atoms with Crippen LogP contribution in [0.25, 0.3) is 0 Å². The molecule has 0 fully saturated rings. The summed E-state index contributed by atoms with van der Waals surface area (Å²) >= 11 is 3.44. The molecule has 4 nitrogen and oxygen atoms in total. The molecule has 0 bridgehead atoms. The molecule has 1 unspecified atom stereocenters. The third-order valence-corrected chi connectivity index (χ3v) is 4.35. The van der Waals surface area contributed by atoms with Gasteiger partial charge < -0.3 is 10.1 Å². The lowest BCUT2D eigenvalue weighted by molar-refractivity contribution is -0.121. The van der Waals surface area contributed by atoms with Crippen LogP contribution in [-0.4, -0.2) is 18.8 Å². The first-order valence-corrected chi connectivity index (χ1v) is 8.51. The number of nitrogens with one attached hydrogen (secondary N) is 1. The Bertz CT molecular complexity index is 716. The molecule has 2 aromatic rings. The average Bonchev–Trinajstić information content (AvgIpc) is 2.60. The maximum absolute atomic E-state index is 12.1. The van der Waals surface area contributed by atoms with Crippen LogP contribution in [0.5, 0.6) is 5.75 Å². The van der Waals surface area contributed by atoms with Gasteiger partial charge in [0.05, 0.1) is 17.6 Å². The van der Waals surface area contributed by atoms with Gasteiger partial charge in [-0.1, -0.05) is 36.4 Å². The molecule has 5 heteroatoms. The molecule has 2 rings (SSSR count). The highest BCUT2D eigenvalue weighted by Gasteiger charge is 2.13. The van der Waals surface area contributed by atoms with Crippen LogP contribution in [0.2, 0.25) is 0 Å². The zero-order chi connectivity index (χ0) is 17.5. The summed E-state index contributed by atoms with van der Waals surface area (Å²) in [4.78, 5) is 24.1. The van der Waals surface area contributed by atoms with Gasteiger partial charge in [0.1, 0.15) is 5.75 Å². The highest BCUT2D eigenvalue weighted by Crippen LogP contribution is 2.28. The van der Waals surface area contributed by atoms with Crippen LogP contribution in [0.15, 0.2) is 53.0 Å². The largest absolute Gasteiger partial charge is 0.496 e. The van der Waals surface area contributed by atoms with Gasteiger partial charge in [-0.05, 0) is 40.5 Å². The number of benzene rings is 2. The molecule has 0 aliphatic heterocycles. The Labute approximate surface area is 150 Å². The number of rotatable bonds is 7. The van der Waals surface area contributed by atoms with E-state index in [0.717, 1.165) is 15.8 Å². The number of ether oxygens (including phenoxy) is 1. The van der Waals surface area contributed by atoms with E-state index in [9.17, 15) is 9.59 Å². The number of halogens is 1. The van der Waals surface area contributed by atoms with E-state index in [4.69, 9.17) is 4.74 Å². The smallest absolute Gasteiger partial charge is 0.220 e. The second-order valence-electron chi connectivity index (χ2n) is 5.47. The van der Waals surface area contributed by atoms with Crippen molar-refractivity contribution in [3.8, 4) is 5.75 Å². The van der Waals surface area contributed by atoms with E-state index in [1.807, 2.05) is 43.3 Å². The van der Waals surface area contributed by atoms with E-state index >= 15 is 0 Å². The Hall–Kier alpha value is -2.14. The summed E-state index contributed by atoms with van der Waals surface area (Å²) in [6, 6.07) is 14.5. The number of carbonyl (C=O) groups excluding carboxylic acids is 2. The molecule has 0 aliphatic carbocycles. The highest BCUT2D eigenvalue weighted by molar-refractivity contribution is 9.10. The average molecular weight is 390 g/mol. The first kappa shape index (κ1) is 18.2. The van der Waals surface area contributed by atoms with Crippen LogP contribution in [0.4, 0.5) is 0 Å². The van der Waals surface area contributed by atoms with Crippen molar-refractivity contribution in [1.82, 2.24) is 5.32 Å². The minimum absolute atomic E-state index is 0.0226. The number of Topliss-reactive ketones (excluding diaryl/α,β-unsaturated/α-hetero) is 1. The standard InChI is InChI=1S/C19H20BrNO3/c1-13(15-8-10-18(24-2)16(20)12-15)21-19(23)11-9-17(22)14-6-4-3-5-7-14/h3-8,10,12-13H,9,11H2,1-2H3,(H,21,23). The van der Waals surface area contributed by atoms with Crippen LogP contribution in [0, 0.1) is 0 Å².